The Morgan fingerprint density at radius 2 is 1.70 bits per heavy atom. The number of hydrogen-bond donors (Lipinski definition) is 0. The van der Waals surface area contributed by atoms with Gasteiger partial charge in [-0.3, -0.25) is 14.9 Å². The molecule has 0 aliphatic carbocycles. The van der Waals surface area contributed by atoms with Crippen molar-refractivity contribution in [2.24, 2.45) is 0 Å². The highest BCUT2D eigenvalue weighted by molar-refractivity contribution is 5.93. The number of nitro groups is 1. The molecule has 0 N–H and O–H groups in total. The molecule has 0 bridgehead atoms. The molecule has 0 aliphatic heterocycles. The lowest BCUT2D eigenvalue weighted by Crippen LogP contribution is -2.28. The smallest absolute Gasteiger partial charge is 0.292 e. The van der Waals surface area contributed by atoms with Crippen LogP contribution in [0.5, 0.6) is 0 Å². The minimum Gasteiger partial charge on any atom is -0.302 e. The van der Waals surface area contributed by atoms with Gasteiger partial charge >= 0.3 is 0 Å². The molecule has 0 unspecified atom stereocenters. The maximum absolute atomic E-state index is 11.8. The predicted molar refractivity (Wildman–Crippen MR) is 76.4 cm³/mol. The molecule has 0 spiro atoms. The van der Waals surface area contributed by atoms with Gasteiger partial charge in [0, 0.05) is 13.0 Å². The van der Waals surface area contributed by atoms with Crippen molar-refractivity contribution in [1.82, 2.24) is 0 Å². The van der Waals surface area contributed by atoms with E-state index in [1.54, 1.807) is 18.2 Å². The van der Waals surface area contributed by atoms with Crippen molar-refractivity contribution in [2.75, 3.05) is 4.90 Å². The lowest BCUT2D eigenvalue weighted by atomic mass is 10.2. The second kappa shape index (κ2) is 5.97. The number of benzene rings is 2. The van der Waals surface area contributed by atoms with E-state index in [9.17, 15) is 14.9 Å². The number of nitrogens with zero attached hydrogens (tertiary/aromatic N) is 2. The molecule has 0 heterocycles. The number of rotatable bonds is 4. The Morgan fingerprint density at radius 1 is 1.10 bits per heavy atom. The van der Waals surface area contributed by atoms with E-state index in [2.05, 4.69) is 0 Å². The zero-order valence-corrected chi connectivity index (χ0v) is 11.0. The van der Waals surface area contributed by atoms with E-state index in [4.69, 9.17) is 0 Å². The van der Waals surface area contributed by atoms with Gasteiger partial charge in [0.05, 0.1) is 11.5 Å². The number of amides is 1. The number of carbonyl (C=O) groups excluding carboxylic acids is 1. The Labute approximate surface area is 116 Å². The second-order valence-electron chi connectivity index (χ2n) is 4.34. The van der Waals surface area contributed by atoms with Gasteiger partial charge in [0.2, 0.25) is 5.91 Å². The van der Waals surface area contributed by atoms with Gasteiger partial charge in [-0.1, -0.05) is 42.5 Å². The predicted octanol–water partition coefficient (Wildman–Crippen LogP) is 3.15. The van der Waals surface area contributed by atoms with Gasteiger partial charge < -0.3 is 4.90 Å². The molecule has 0 fully saturated rings. The number of para-hydroxylation sites is 2. The Kier molecular flexibility index (Phi) is 4.10. The van der Waals surface area contributed by atoms with E-state index in [1.807, 2.05) is 30.3 Å². The van der Waals surface area contributed by atoms with E-state index < -0.39 is 4.92 Å². The normalized spacial score (nSPS) is 10.1. The van der Waals surface area contributed by atoms with Gasteiger partial charge in [0.15, 0.2) is 0 Å². The van der Waals surface area contributed by atoms with Crippen LogP contribution in [0.15, 0.2) is 54.6 Å². The third-order valence-electron chi connectivity index (χ3n) is 2.93. The molecule has 0 aromatic heterocycles. The van der Waals surface area contributed by atoms with Crippen LogP contribution in [0.4, 0.5) is 11.4 Å². The van der Waals surface area contributed by atoms with Crippen LogP contribution in [0.3, 0.4) is 0 Å². The van der Waals surface area contributed by atoms with Crippen LogP contribution < -0.4 is 4.90 Å². The van der Waals surface area contributed by atoms with E-state index in [0.717, 1.165) is 5.56 Å². The molecule has 5 nitrogen and oxygen atoms in total. The van der Waals surface area contributed by atoms with Crippen molar-refractivity contribution in [2.45, 2.75) is 13.5 Å². The molecule has 2 rings (SSSR count). The van der Waals surface area contributed by atoms with Crippen molar-refractivity contribution >= 4 is 17.3 Å². The van der Waals surface area contributed by atoms with Gasteiger partial charge in [-0.25, -0.2) is 0 Å². The summed E-state index contributed by atoms with van der Waals surface area (Å²) in [6.07, 6.45) is 0. The number of hydrogen-bond acceptors (Lipinski definition) is 3. The van der Waals surface area contributed by atoms with Crippen LogP contribution in [0.1, 0.15) is 12.5 Å². The highest BCUT2D eigenvalue weighted by Crippen LogP contribution is 2.28. The first-order valence-electron chi connectivity index (χ1n) is 6.15. The Bertz CT molecular complexity index is 626. The Balaban J connectivity index is 2.39. The largest absolute Gasteiger partial charge is 0.302 e. The molecule has 0 aliphatic rings. The molecule has 5 heteroatoms. The summed E-state index contributed by atoms with van der Waals surface area (Å²) in [5.41, 5.74) is 1.16. The summed E-state index contributed by atoms with van der Waals surface area (Å²) >= 11 is 0. The van der Waals surface area contributed by atoms with Crippen molar-refractivity contribution < 1.29 is 9.72 Å². The fourth-order valence-electron chi connectivity index (χ4n) is 1.98. The third kappa shape index (κ3) is 3.00. The van der Waals surface area contributed by atoms with Gasteiger partial charge in [0.25, 0.3) is 5.69 Å². The molecule has 0 atom stereocenters. The summed E-state index contributed by atoms with van der Waals surface area (Å²) in [4.78, 5) is 23.8. The van der Waals surface area contributed by atoms with E-state index in [-0.39, 0.29) is 11.6 Å². The molecule has 0 saturated carbocycles. The van der Waals surface area contributed by atoms with Gasteiger partial charge in [0.1, 0.15) is 5.69 Å². The first-order valence-corrected chi connectivity index (χ1v) is 6.15. The van der Waals surface area contributed by atoms with Crippen LogP contribution in [-0.4, -0.2) is 10.8 Å². The monoisotopic (exact) mass is 270 g/mol. The van der Waals surface area contributed by atoms with Gasteiger partial charge in [-0.15, -0.1) is 0 Å². The molecular weight excluding hydrogens is 256 g/mol. The molecule has 1 amide bonds. The van der Waals surface area contributed by atoms with E-state index >= 15 is 0 Å². The summed E-state index contributed by atoms with van der Waals surface area (Å²) in [5, 5.41) is 11.1. The second-order valence-corrected chi connectivity index (χ2v) is 4.34. The van der Waals surface area contributed by atoms with Crippen LogP contribution in [-0.2, 0) is 11.3 Å². The van der Waals surface area contributed by atoms with Crippen molar-refractivity contribution in [3.8, 4) is 0 Å². The first-order chi connectivity index (χ1) is 9.59. The van der Waals surface area contributed by atoms with Crippen LogP contribution in [0.25, 0.3) is 0 Å². The van der Waals surface area contributed by atoms with Gasteiger partial charge in [-0.2, -0.15) is 0 Å². The summed E-state index contributed by atoms with van der Waals surface area (Å²) in [6, 6.07) is 15.6. The number of carbonyl (C=O) groups is 1. The molecular formula is C15H14N2O3. The average molecular weight is 270 g/mol. The molecule has 102 valence electrons. The number of anilines is 1. The number of nitro benzene ring substituents is 1. The molecule has 2 aromatic carbocycles. The van der Waals surface area contributed by atoms with E-state index in [0.29, 0.717) is 12.2 Å². The van der Waals surface area contributed by atoms with Crippen molar-refractivity contribution in [3.63, 3.8) is 0 Å². The highest BCUT2D eigenvalue weighted by Gasteiger charge is 2.21. The third-order valence-corrected chi connectivity index (χ3v) is 2.93. The topological polar surface area (TPSA) is 63.5 Å². The lowest BCUT2D eigenvalue weighted by molar-refractivity contribution is -0.384. The summed E-state index contributed by atoms with van der Waals surface area (Å²) < 4.78 is 0. The minimum absolute atomic E-state index is 0.0707. The Morgan fingerprint density at radius 3 is 2.30 bits per heavy atom. The van der Waals surface area contributed by atoms with Crippen LogP contribution in [0.2, 0.25) is 0 Å². The van der Waals surface area contributed by atoms with Crippen LogP contribution >= 0.6 is 0 Å². The zero-order valence-electron chi connectivity index (χ0n) is 11.0. The maximum atomic E-state index is 11.8. The quantitative estimate of drug-likeness (QED) is 0.633. The molecule has 2 aromatic rings. The fraction of sp³-hybridized carbons (Fsp3) is 0.133. The standard InChI is InChI=1S/C15H14N2O3/c1-12(18)16(11-13-7-3-2-4-8-13)14-9-5-6-10-15(14)17(19)20/h2-10H,11H2,1H3. The fourth-order valence-corrected chi connectivity index (χ4v) is 1.98. The molecule has 20 heavy (non-hydrogen) atoms. The molecule has 0 radical (unpaired) electrons. The first kappa shape index (κ1) is 13.7. The zero-order chi connectivity index (χ0) is 14.5. The van der Waals surface area contributed by atoms with Crippen molar-refractivity contribution in [1.29, 1.82) is 0 Å². The average Bonchev–Trinajstić information content (AvgIpc) is 2.45. The van der Waals surface area contributed by atoms with E-state index in [1.165, 1.54) is 17.9 Å². The summed E-state index contributed by atoms with van der Waals surface area (Å²) in [5.74, 6) is -0.233. The minimum atomic E-state index is -0.476. The van der Waals surface area contributed by atoms with Crippen LogP contribution in [0, 0.1) is 10.1 Å². The van der Waals surface area contributed by atoms with Crippen molar-refractivity contribution in [3.05, 3.63) is 70.3 Å². The molecule has 0 saturated heterocycles. The SMILES string of the molecule is CC(=O)N(Cc1ccccc1)c1ccccc1[N+](=O)[O-]. The Hall–Kier alpha value is -2.69. The summed E-state index contributed by atoms with van der Waals surface area (Å²) in [7, 11) is 0. The summed E-state index contributed by atoms with van der Waals surface area (Å²) in [6.45, 7) is 1.71. The van der Waals surface area contributed by atoms with Gasteiger partial charge in [-0.05, 0) is 11.6 Å². The maximum Gasteiger partial charge on any atom is 0.292 e. The highest BCUT2D eigenvalue weighted by atomic mass is 16.6. The lowest BCUT2D eigenvalue weighted by Gasteiger charge is -2.21.